The molecule has 0 aromatic carbocycles. The first-order valence-electron chi connectivity index (χ1n) is 6.63. The number of nitrogens with zero attached hydrogens (tertiary/aromatic N) is 3. The number of rotatable bonds is 1. The SMILES string of the molecule is CN=C(C)N1CCOCC1.CN=C(C)NC1CC1. The maximum atomic E-state index is 5.20. The molecule has 2 fully saturated rings. The van der Waals surface area contributed by atoms with Crippen molar-refractivity contribution in [2.75, 3.05) is 40.4 Å². The number of aliphatic imine (C=N–C) groups is 2. The summed E-state index contributed by atoms with van der Waals surface area (Å²) in [6.45, 7) is 7.69. The van der Waals surface area contributed by atoms with Gasteiger partial charge in [0.15, 0.2) is 0 Å². The van der Waals surface area contributed by atoms with Crippen LogP contribution in [0.3, 0.4) is 0 Å². The third kappa shape index (κ3) is 6.00. The maximum Gasteiger partial charge on any atom is 0.0955 e. The van der Waals surface area contributed by atoms with E-state index in [0.717, 1.165) is 44.0 Å². The number of hydrogen-bond donors (Lipinski definition) is 1. The monoisotopic (exact) mass is 254 g/mol. The topological polar surface area (TPSA) is 49.2 Å². The van der Waals surface area contributed by atoms with Gasteiger partial charge in [-0.25, -0.2) is 0 Å². The average molecular weight is 254 g/mol. The predicted molar refractivity (Wildman–Crippen MR) is 76.6 cm³/mol. The Hall–Kier alpha value is -1.10. The van der Waals surface area contributed by atoms with Crippen molar-refractivity contribution in [3.63, 3.8) is 0 Å². The van der Waals surface area contributed by atoms with E-state index in [9.17, 15) is 0 Å². The van der Waals surface area contributed by atoms with Crippen molar-refractivity contribution >= 4 is 11.7 Å². The van der Waals surface area contributed by atoms with Gasteiger partial charge in [0.25, 0.3) is 0 Å². The van der Waals surface area contributed by atoms with Crippen molar-refractivity contribution in [3.05, 3.63) is 0 Å². The van der Waals surface area contributed by atoms with Crippen LogP contribution in [-0.4, -0.2) is 63.0 Å². The number of nitrogens with one attached hydrogen (secondary N) is 1. The Kier molecular flexibility index (Phi) is 6.72. The highest BCUT2D eigenvalue weighted by atomic mass is 16.5. The second-order valence-corrected chi connectivity index (χ2v) is 4.60. The zero-order chi connectivity index (χ0) is 13.4. The summed E-state index contributed by atoms with van der Waals surface area (Å²) < 4.78 is 5.20. The Bertz CT molecular complexity index is 291. The zero-order valence-electron chi connectivity index (χ0n) is 12.1. The van der Waals surface area contributed by atoms with Crippen LogP contribution in [0.15, 0.2) is 9.98 Å². The summed E-state index contributed by atoms with van der Waals surface area (Å²) in [5, 5.41) is 3.25. The lowest BCUT2D eigenvalue weighted by molar-refractivity contribution is 0.0678. The van der Waals surface area contributed by atoms with E-state index in [4.69, 9.17) is 4.74 Å². The van der Waals surface area contributed by atoms with Gasteiger partial charge >= 0.3 is 0 Å². The van der Waals surface area contributed by atoms with E-state index in [2.05, 4.69) is 20.2 Å². The molecule has 0 atom stereocenters. The standard InChI is InChI=1S/C7H14N2O.C6H12N2/c1-7(8-2)9-3-5-10-6-4-9;1-5(7-2)8-6-3-4-6/h3-6H2,1-2H3;6H,3-4H2,1-2H3,(H,7,8). The molecule has 5 heteroatoms. The minimum absolute atomic E-state index is 0.749. The maximum absolute atomic E-state index is 5.20. The normalized spacial score (nSPS) is 21.2. The Morgan fingerprint density at radius 3 is 2.17 bits per heavy atom. The van der Waals surface area contributed by atoms with E-state index in [1.807, 2.05) is 27.9 Å². The molecule has 1 N–H and O–H groups in total. The lowest BCUT2D eigenvalue weighted by atomic mass is 10.4. The van der Waals surface area contributed by atoms with Gasteiger partial charge < -0.3 is 15.0 Å². The molecule has 5 nitrogen and oxygen atoms in total. The summed E-state index contributed by atoms with van der Waals surface area (Å²) in [7, 11) is 3.63. The Labute approximate surface area is 110 Å². The van der Waals surface area contributed by atoms with E-state index >= 15 is 0 Å². The molecule has 18 heavy (non-hydrogen) atoms. The van der Waals surface area contributed by atoms with E-state index in [0.29, 0.717) is 0 Å². The molecule has 1 aliphatic carbocycles. The Morgan fingerprint density at radius 2 is 1.72 bits per heavy atom. The molecular weight excluding hydrogens is 228 g/mol. The molecular formula is C13H26N4O. The number of ether oxygens (including phenoxy) is 1. The lowest BCUT2D eigenvalue weighted by Crippen LogP contribution is -2.39. The van der Waals surface area contributed by atoms with E-state index in [1.165, 1.54) is 12.8 Å². The van der Waals surface area contributed by atoms with Crippen LogP contribution in [0.1, 0.15) is 26.7 Å². The van der Waals surface area contributed by atoms with Gasteiger partial charge in [0.2, 0.25) is 0 Å². The molecule has 104 valence electrons. The highest BCUT2D eigenvalue weighted by molar-refractivity contribution is 5.80. The Balaban J connectivity index is 0.000000184. The van der Waals surface area contributed by atoms with Crippen molar-refractivity contribution < 1.29 is 4.74 Å². The van der Waals surface area contributed by atoms with Crippen LogP contribution in [0.4, 0.5) is 0 Å². The van der Waals surface area contributed by atoms with Crippen LogP contribution in [0.2, 0.25) is 0 Å². The largest absolute Gasteiger partial charge is 0.378 e. The summed E-state index contributed by atoms with van der Waals surface area (Å²) in [6, 6.07) is 0.749. The number of hydrogen-bond acceptors (Lipinski definition) is 3. The van der Waals surface area contributed by atoms with Gasteiger partial charge in [0, 0.05) is 33.2 Å². The molecule has 1 heterocycles. The summed E-state index contributed by atoms with van der Waals surface area (Å²) in [6.07, 6.45) is 2.65. The quantitative estimate of drug-likeness (QED) is 0.564. The summed E-state index contributed by atoms with van der Waals surface area (Å²) >= 11 is 0. The van der Waals surface area contributed by atoms with Crippen LogP contribution in [0.5, 0.6) is 0 Å². The lowest BCUT2D eigenvalue weighted by Gasteiger charge is -2.27. The van der Waals surface area contributed by atoms with Gasteiger partial charge in [0.05, 0.1) is 24.9 Å². The molecule has 0 radical (unpaired) electrons. The third-order valence-electron chi connectivity index (χ3n) is 3.12. The van der Waals surface area contributed by atoms with Crippen molar-refractivity contribution in [2.24, 2.45) is 9.98 Å². The molecule has 0 bridgehead atoms. The summed E-state index contributed by atoms with van der Waals surface area (Å²) in [4.78, 5) is 10.3. The Morgan fingerprint density at radius 1 is 1.11 bits per heavy atom. The molecule has 1 aliphatic heterocycles. The molecule has 0 unspecified atom stereocenters. The van der Waals surface area contributed by atoms with Crippen molar-refractivity contribution in [2.45, 2.75) is 32.7 Å². The van der Waals surface area contributed by atoms with Gasteiger partial charge in [-0.05, 0) is 26.7 Å². The van der Waals surface area contributed by atoms with Crippen molar-refractivity contribution in [1.29, 1.82) is 0 Å². The van der Waals surface area contributed by atoms with Gasteiger partial charge in [-0.3, -0.25) is 9.98 Å². The molecule has 2 aliphatic rings. The van der Waals surface area contributed by atoms with Crippen molar-refractivity contribution in [1.82, 2.24) is 10.2 Å². The highest BCUT2D eigenvalue weighted by Gasteiger charge is 2.20. The first-order chi connectivity index (χ1) is 8.67. The van der Waals surface area contributed by atoms with Gasteiger partial charge in [-0.2, -0.15) is 0 Å². The second-order valence-electron chi connectivity index (χ2n) is 4.60. The van der Waals surface area contributed by atoms with Crippen molar-refractivity contribution in [3.8, 4) is 0 Å². The highest BCUT2D eigenvalue weighted by Crippen LogP contribution is 2.18. The number of morpholine rings is 1. The first-order valence-corrected chi connectivity index (χ1v) is 6.63. The average Bonchev–Trinajstić information content (AvgIpc) is 3.23. The van der Waals surface area contributed by atoms with E-state index in [-0.39, 0.29) is 0 Å². The predicted octanol–water partition coefficient (Wildman–Crippen LogP) is 1.15. The fourth-order valence-electron chi connectivity index (χ4n) is 1.62. The second kappa shape index (κ2) is 8.08. The van der Waals surface area contributed by atoms with Crippen LogP contribution in [0.25, 0.3) is 0 Å². The molecule has 0 spiro atoms. The van der Waals surface area contributed by atoms with Crippen LogP contribution >= 0.6 is 0 Å². The fourth-order valence-corrected chi connectivity index (χ4v) is 1.62. The molecule has 1 saturated heterocycles. The molecule has 2 rings (SSSR count). The first kappa shape index (κ1) is 15.0. The van der Waals surface area contributed by atoms with Crippen LogP contribution < -0.4 is 5.32 Å². The summed E-state index contributed by atoms with van der Waals surface area (Å²) in [5.41, 5.74) is 0. The molecule has 0 amide bonds. The van der Waals surface area contributed by atoms with E-state index in [1.54, 1.807) is 0 Å². The van der Waals surface area contributed by atoms with Crippen LogP contribution in [-0.2, 0) is 4.74 Å². The third-order valence-corrected chi connectivity index (χ3v) is 3.12. The number of amidine groups is 2. The fraction of sp³-hybridized carbons (Fsp3) is 0.846. The van der Waals surface area contributed by atoms with Gasteiger partial charge in [-0.15, -0.1) is 0 Å². The molecule has 0 aromatic heterocycles. The zero-order valence-corrected chi connectivity index (χ0v) is 12.1. The van der Waals surface area contributed by atoms with Gasteiger partial charge in [-0.1, -0.05) is 0 Å². The van der Waals surface area contributed by atoms with E-state index < -0.39 is 0 Å². The minimum atomic E-state index is 0.749. The molecule has 0 aromatic rings. The van der Waals surface area contributed by atoms with Crippen LogP contribution in [0, 0.1) is 0 Å². The minimum Gasteiger partial charge on any atom is -0.378 e. The molecule has 1 saturated carbocycles. The smallest absolute Gasteiger partial charge is 0.0955 e. The van der Waals surface area contributed by atoms with Gasteiger partial charge in [0.1, 0.15) is 0 Å². The summed E-state index contributed by atoms with van der Waals surface area (Å²) in [5.74, 6) is 2.18.